The van der Waals surface area contributed by atoms with Gasteiger partial charge in [-0.05, 0) is 57.9 Å². The molecule has 184 valence electrons. The van der Waals surface area contributed by atoms with Crippen molar-refractivity contribution in [3.05, 3.63) is 122 Å². The zero-order valence-electron chi connectivity index (χ0n) is 19.3. The third-order valence-corrected chi connectivity index (χ3v) is 7.03. The Hall–Kier alpha value is -4.14. The smallest absolute Gasteiger partial charge is 0.293 e. The van der Waals surface area contributed by atoms with Crippen molar-refractivity contribution in [2.45, 2.75) is 13.2 Å². The lowest BCUT2D eigenvalue weighted by Crippen LogP contribution is -2.27. The molecule has 1 aliphatic heterocycles. The van der Waals surface area contributed by atoms with Gasteiger partial charge in [0.1, 0.15) is 12.4 Å². The van der Waals surface area contributed by atoms with Crippen molar-refractivity contribution < 1.29 is 19.2 Å². The number of benzene rings is 4. The normalized spacial score (nSPS) is 14.5. The van der Waals surface area contributed by atoms with Crippen LogP contribution in [0.2, 0.25) is 5.02 Å². The lowest BCUT2D eigenvalue weighted by molar-refractivity contribution is -0.384. The number of nitro benzene ring substituents is 1. The summed E-state index contributed by atoms with van der Waals surface area (Å²) in [6.07, 6.45) is 1.69. The minimum absolute atomic E-state index is 0.0233. The van der Waals surface area contributed by atoms with E-state index in [-0.39, 0.29) is 17.1 Å². The van der Waals surface area contributed by atoms with Gasteiger partial charge in [0.05, 0.1) is 16.4 Å². The van der Waals surface area contributed by atoms with Crippen LogP contribution in [0.3, 0.4) is 0 Å². The van der Waals surface area contributed by atoms with Crippen LogP contribution in [0.4, 0.5) is 10.5 Å². The number of halogens is 1. The molecule has 0 radical (unpaired) electrons. The molecule has 0 bridgehead atoms. The summed E-state index contributed by atoms with van der Waals surface area (Å²) in [5, 5.41) is 13.0. The number of fused-ring (bicyclic) bond motifs is 1. The minimum Gasteiger partial charge on any atom is -0.488 e. The first-order chi connectivity index (χ1) is 17.9. The molecule has 2 amide bonds. The largest absolute Gasteiger partial charge is 0.488 e. The molecule has 1 fully saturated rings. The number of hydrogen-bond donors (Lipinski definition) is 0. The number of nitro groups is 1. The summed E-state index contributed by atoms with van der Waals surface area (Å²) in [6, 6.07) is 24.7. The van der Waals surface area contributed by atoms with Gasteiger partial charge < -0.3 is 4.74 Å². The molecular formula is C28H19ClN2O5S. The molecule has 0 aliphatic carbocycles. The molecule has 0 saturated carbocycles. The number of nitrogens with zero attached hydrogens (tertiary/aromatic N) is 2. The summed E-state index contributed by atoms with van der Waals surface area (Å²) in [6.45, 7) is 0.327. The highest BCUT2D eigenvalue weighted by Crippen LogP contribution is 2.37. The number of amides is 2. The van der Waals surface area contributed by atoms with E-state index in [1.165, 1.54) is 12.1 Å². The molecule has 5 rings (SSSR count). The van der Waals surface area contributed by atoms with Gasteiger partial charge in [-0.15, -0.1) is 0 Å². The molecule has 1 aliphatic rings. The van der Waals surface area contributed by atoms with E-state index in [1.807, 2.05) is 48.5 Å². The van der Waals surface area contributed by atoms with Gasteiger partial charge in [0.25, 0.3) is 16.8 Å². The predicted octanol–water partition coefficient (Wildman–Crippen LogP) is 7.22. The average molecular weight is 531 g/mol. The number of rotatable bonds is 7. The number of imide groups is 1. The summed E-state index contributed by atoms with van der Waals surface area (Å²) >= 11 is 6.84. The van der Waals surface area contributed by atoms with Gasteiger partial charge in [-0.2, -0.15) is 0 Å². The number of carbonyl (C=O) groups excluding carboxylic acids is 2. The van der Waals surface area contributed by atoms with Gasteiger partial charge in [-0.25, -0.2) is 0 Å². The van der Waals surface area contributed by atoms with Crippen LogP contribution in [0.15, 0.2) is 89.8 Å². The molecule has 4 aromatic rings. The topological polar surface area (TPSA) is 89.8 Å². The first-order valence-corrected chi connectivity index (χ1v) is 12.5. The Morgan fingerprint density at radius 2 is 1.62 bits per heavy atom. The van der Waals surface area contributed by atoms with Crippen LogP contribution in [0.5, 0.6) is 5.75 Å². The molecular weight excluding hydrogens is 512 g/mol. The molecule has 1 saturated heterocycles. The third kappa shape index (κ3) is 5.35. The maximum Gasteiger partial charge on any atom is 0.293 e. The maximum atomic E-state index is 13.2. The fourth-order valence-corrected chi connectivity index (χ4v) is 4.91. The first-order valence-electron chi connectivity index (χ1n) is 11.3. The molecule has 4 aromatic carbocycles. The van der Waals surface area contributed by atoms with Crippen molar-refractivity contribution in [1.29, 1.82) is 0 Å². The molecule has 7 nitrogen and oxygen atoms in total. The number of thioether (sulfide) groups is 1. The Kier molecular flexibility index (Phi) is 6.94. The summed E-state index contributed by atoms with van der Waals surface area (Å²) in [7, 11) is 0. The Bertz CT molecular complexity index is 1550. The van der Waals surface area contributed by atoms with Crippen molar-refractivity contribution in [1.82, 2.24) is 4.90 Å². The second-order valence-electron chi connectivity index (χ2n) is 8.31. The highest BCUT2D eigenvalue weighted by atomic mass is 35.5. The van der Waals surface area contributed by atoms with E-state index in [2.05, 4.69) is 0 Å². The lowest BCUT2D eigenvalue weighted by Gasteiger charge is -2.13. The minimum atomic E-state index is -0.497. The van der Waals surface area contributed by atoms with Gasteiger partial charge in [-0.1, -0.05) is 66.2 Å². The third-order valence-electron chi connectivity index (χ3n) is 5.88. The summed E-state index contributed by atoms with van der Waals surface area (Å²) in [4.78, 5) is 37.8. The molecule has 0 aromatic heterocycles. The van der Waals surface area contributed by atoms with Gasteiger partial charge in [0.2, 0.25) is 0 Å². The molecule has 9 heteroatoms. The van der Waals surface area contributed by atoms with Crippen molar-refractivity contribution in [3.63, 3.8) is 0 Å². The van der Waals surface area contributed by atoms with E-state index < -0.39 is 16.1 Å². The molecule has 0 unspecified atom stereocenters. The molecule has 0 atom stereocenters. The predicted molar refractivity (Wildman–Crippen MR) is 144 cm³/mol. The lowest BCUT2D eigenvalue weighted by atomic mass is 10.0. The van der Waals surface area contributed by atoms with Crippen LogP contribution in [0.25, 0.3) is 16.8 Å². The molecule has 0 N–H and O–H groups in total. The first kappa shape index (κ1) is 24.5. The van der Waals surface area contributed by atoms with E-state index in [4.69, 9.17) is 16.3 Å². The monoisotopic (exact) mass is 530 g/mol. The maximum absolute atomic E-state index is 13.2. The van der Waals surface area contributed by atoms with E-state index in [1.54, 1.807) is 30.3 Å². The van der Waals surface area contributed by atoms with Gasteiger partial charge >= 0.3 is 0 Å². The van der Waals surface area contributed by atoms with Gasteiger partial charge in [-0.3, -0.25) is 24.6 Å². The quantitative estimate of drug-likeness (QED) is 0.142. The van der Waals surface area contributed by atoms with Crippen LogP contribution in [-0.4, -0.2) is 21.0 Å². The molecule has 0 spiro atoms. The van der Waals surface area contributed by atoms with Crippen LogP contribution < -0.4 is 4.74 Å². The van der Waals surface area contributed by atoms with Gasteiger partial charge in [0.15, 0.2) is 0 Å². The Morgan fingerprint density at radius 3 is 2.35 bits per heavy atom. The summed E-state index contributed by atoms with van der Waals surface area (Å²) < 4.78 is 6.13. The van der Waals surface area contributed by atoms with Crippen molar-refractivity contribution in [2.75, 3.05) is 0 Å². The number of ether oxygens (including phenoxy) is 1. The SMILES string of the molecule is O=C1S/C(=C\c2c(OCc3ccc(Cl)cc3)ccc3ccccc23)C(=O)N1Cc1ccc([N+](=O)[O-])cc1. The Morgan fingerprint density at radius 1 is 0.919 bits per heavy atom. The molecule has 1 heterocycles. The highest BCUT2D eigenvalue weighted by molar-refractivity contribution is 8.18. The Balaban J connectivity index is 1.44. The zero-order chi connectivity index (χ0) is 25.9. The highest BCUT2D eigenvalue weighted by Gasteiger charge is 2.35. The molecule has 37 heavy (non-hydrogen) atoms. The second kappa shape index (κ2) is 10.5. The fraction of sp³-hybridized carbons (Fsp3) is 0.0714. The van der Waals surface area contributed by atoms with Crippen molar-refractivity contribution in [3.8, 4) is 5.75 Å². The van der Waals surface area contributed by atoms with Crippen molar-refractivity contribution in [2.24, 2.45) is 0 Å². The second-order valence-corrected chi connectivity index (χ2v) is 9.73. The summed E-state index contributed by atoms with van der Waals surface area (Å²) in [5.41, 5.74) is 2.20. The van der Waals surface area contributed by atoms with Crippen LogP contribution >= 0.6 is 23.4 Å². The Labute approximate surface area is 221 Å². The average Bonchev–Trinajstić information content (AvgIpc) is 3.16. The van der Waals surface area contributed by atoms with E-state index in [9.17, 15) is 19.7 Å². The van der Waals surface area contributed by atoms with Crippen LogP contribution in [-0.2, 0) is 17.9 Å². The standard InChI is InChI=1S/C28H19ClN2O5S/c29-21-10-5-19(6-11-21)17-36-25-14-9-20-3-1-2-4-23(20)24(25)15-26-27(32)30(28(33)37-26)16-18-7-12-22(13-8-18)31(34)35/h1-15H,16-17H2/b26-15-. The number of carbonyl (C=O) groups is 2. The fourth-order valence-electron chi connectivity index (χ4n) is 3.97. The van der Waals surface area contributed by atoms with Crippen molar-refractivity contribution >= 4 is 57.0 Å². The number of non-ortho nitro benzene ring substituents is 1. The van der Waals surface area contributed by atoms with Gasteiger partial charge in [0, 0.05) is 22.7 Å². The zero-order valence-corrected chi connectivity index (χ0v) is 20.9. The van der Waals surface area contributed by atoms with Crippen LogP contribution in [0.1, 0.15) is 16.7 Å². The van der Waals surface area contributed by atoms with Crippen LogP contribution in [0, 0.1) is 10.1 Å². The van der Waals surface area contributed by atoms with E-state index in [0.29, 0.717) is 28.5 Å². The van der Waals surface area contributed by atoms with E-state index in [0.717, 1.165) is 33.0 Å². The number of hydrogen-bond acceptors (Lipinski definition) is 6. The van der Waals surface area contributed by atoms with E-state index >= 15 is 0 Å². The summed E-state index contributed by atoms with van der Waals surface area (Å²) in [5.74, 6) is 0.153.